The Hall–Kier alpha value is -1.55. The summed E-state index contributed by atoms with van der Waals surface area (Å²) in [6.07, 6.45) is 0.786. The molecule has 0 aliphatic rings. The molecule has 1 rings (SSSR count). The van der Waals surface area contributed by atoms with Gasteiger partial charge in [0.15, 0.2) is 0 Å². The molecule has 0 bridgehead atoms. The second kappa shape index (κ2) is 4.62. The first-order valence-electron chi connectivity index (χ1n) is 3.88. The molecule has 0 saturated carbocycles. The molecule has 1 amide bonds. The summed E-state index contributed by atoms with van der Waals surface area (Å²) in [6.45, 7) is 1.82. The zero-order chi connectivity index (χ0) is 10.6. The third-order valence-electron chi connectivity index (χ3n) is 1.62. The van der Waals surface area contributed by atoms with E-state index in [1.807, 2.05) is 6.92 Å². The number of nitrogens with zero attached hydrogens (tertiary/aromatic N) is 1. The number of rotatable bonds is 2. The van der Waals surface area contributed by atoms with Crippen LogP contribution in [-0.4, -0.2) is 17.3 Å². The van der Waals surface area contributed by atoms with Crippen LogP contribution in [0.15, 0.2) is 23.4 Å². The Morgan fingerprint density at radius 2 is 2.36 bits per heavy atom. The zero-order valence-corrected chi connectivity index (χ0v) is 8.25. The summed E-state index contributed by atoms with van der Waals surface area (Å²) in [5.41, 5.74) is 1.48. The van der Waals surface area contributed by atoms with E-state index < -0.39 is 5.91 Å². The van der Waals surface area contributed by atoms with Gasteiger partial charge in [0.2, 0.25) is 0 Å². The molecule has 14 heavy (non-hydrogen) atoms. The Kier molecular flexibility index (Phi) is 3.48. The summed E-state index contributed by atoms with van der Waals surface area (Å²) in [7, 11) is 0. The van der Waals surface area contributed by atoms with Crippen molar-refractivity contribution >= 4 is 29.4 Å². The van der Waals surface area contributed by atoms with Crippen LogP contribution in [0.25, 0.3) is 0 Å². The Morgan fingerprint density at radius 1 is 1.64 bits per heavy atom. The van der Waals surface area contributed by atoms with Gasteiger partial charge >= 0.3 is 0 Å². The van der Waals surface area contributed by atoms with Gasteiger partial charge in [-0.05, 0) is 30.7 Å². The smallest absolute Gasteiger partial charge is 0.270 e. The van der Waals surface area contributed by atoms with E-state index in [0.717, 1.165) is 11.8 Å². The van der Waals surface area contributed by atoms with Gasteiger partial charge in [-0.25, -0.2) is 0 Å². The van der Waals surface area contributed by atoms with E-state index in [0.29, 0.717) is 10.7 Å². The monoisotopic (exact) mass is 212 g/mol. The molecule has 0 saturated heterocycles. The first-order valence-corrected chi connectivity index (χ1v) is 4.26. The van der Waals surface area contributed by atoms with E-state index in [4.69, 9.17) is 16.8 Å². The number of oxime groups is 1. The number of amides is 1. The first kappa shape index (κ1) is 10.5. The molecule has 1 aromatic carbocycles. The van der Waals surface area contributed by atoms with E-state index in [1.165, 1.54) is 0 Å². The molecule has 5 heteroatoms. The molecule has 0 atom stereocenters. The normalized spacial score (nSPS) is 10.4. The average molecular weight is 213 g/mol. The summed E-state index contributed by atoms with van der Waals surface area (Å²) in [6, 6.07) is 5.08. The van der Waals surface area contributed by atoms with E-state index in [-0.39, 0.29) is 0 Å². The van der Waals surface area contributed by atoms with Crippen molar-refractivity contribution in [1.82, 2.24) is 0 Å². The van der Waals surface area contributed by atoms with Crippen LogP contribution in [0.2, 0.25) is 5.02 Å². The Labute approximate surface area is 86.2 Å². The Bertz CT molecular complexity index is 377. The molecule has 0 unspecified atom stereocenters. The summed E-state index contributed by atoms with van der Waals surface area (Å²) in [4.78, 5) is 11.0. The van der Waals surface area contributed by atoms with E-state index >= 15 is 0 Å². The molecule has 0 heterocycles. The maximum atomic E-state index is 11.0. The summed E-state index contributed by atoms with van der Waals surface area (Å²) >= 11 is 5.74. The number of nitrogens with one attached hydrogen (secondary N) is 1. The minimum absolute atomic E-state index is 0.488. The highest BCUT2D eigenvalue weighted by molar-refractivity contribution is 6.32. The van der Waals surface area contributed by atoms with Crippen LogP contribution in [0.1, 0.15) is 5.56 Å². The predicted octanol–water partition coefficient (Wildman–Crippen LogP) is 2.05. The van der Waals surface area contributed by atoms with E-state index in [9.17, 15) is 4.79 Å². The third-order valence-corrected chi connectivity index (χ3v) is 1.86. The van der Waals surface area contributed by atoms with Gasteiger partial charge in [-0.2, -0.15) is 0 Å². The molecular weight excluding hydrogens is 204 g/mol. The van der Waals surface area contributed by atoms with Crippen molar-refractivity contribution in [2.75, 3.05) is 5.32 Å². The number of carbonyl (C=O) groups excluding carboxylic acids is 1. The minimum Gasteiger partial charge on any atom is -0.411 e. The van der Waals surface area contributed by atoms with Gasteiger partial charge in [-0.3, -0.25) is 4.79 Å². The number of halogens is 1. The molecule has 4 nitrogen and oxygen atoms in total. The fraction of sp³-hybridized carbons (Fsp3) is 0.111. The second-order valence-electron chi connectivity index (χ2n) is 2.69. The highest BCUT2D eigenvalue weighted by atomic mass is 35.5. The Morgan fingerprint density at radius 3 is 2.93 bits per heavy atom. The number of hydrogen-bond donors (Lipinski definition) is 2. The number of carbonyl (C=O) groups is 1. The predicted molar refractivity (Wildman–Crippen MR) is 55.1 cm³/mol. The van der Waals surface area contributed by atoms with Crippen molar-refractivity contribution < 1.29 is 10.0 Å². The molecule has 0 spiro atoms. The summed E-state index contributed by atoms with van der Waals surface area (Å²) < 4.78 is 0. The number of benzene rings is 1. The summed E-state index contributed by atoms with van der Waals surface area (Å²) in [5, 5.41) is 13.9. The van der Waals surface area contributed by atoms with Crippen LogP contribution in [0.3, 0.4) is 0 Å². The van der Waals surface area contributed by atoms with Gasteiger partial charge in [0.1, 0.15) is 6.21 Å². The van der Waals surface area contributed by atoms with Crippen molar-refractivity contribution in [1.29, 1.82) is 0 Å². The fourth-order valence-corrected chi connectivity index (χ4v) is 1.21. The van der Waals surface area contributed by atoms with Crippen LogP contribution < -0.4 is 5.32 Å². The average Bonchev–Trinajstić information content (AvgIpc) is 2.10. The lowest BCUT2D eigenvalue weighted by Crippen LogP contribution is -2.13. The Balaban J connectivity index is 2.82. The lowest BCUT2D eigenvalue weighted by Gasteiger charge is -2.05. The maximum Gasteiger partial charge on any atom is 0.270 e. The molecule has 0 fully saturated rings. The van der Waals surface area contributed by atoms with Crippen LogP contribution in [0.5, 0.6) is 0 Å². The van der Waals surface area contributed by atoms with Crippen molar-refractivity contribution in [3.63, 3.8) is 0 Å². The highest BCUT2D eigenvalue weighted by Crippen LogP contribution is 2.19. The van der Waals surface area contributed by atoms with Gasteiger partial charge in [0.05, 0.1) is 0 Å². The van der Waals surface area contributed by atoms with Gasteiger partial charge < -0.3 is 10.5 Å². The molecule has 0 aromatic heterocycles. The number of hydrogen-bond acceptors (Lipinski definition) is 3. The van der Waals surface area contributed by atoms with Crippen molar-refractivity contribution in [2.24, 2.45) is 5.16 Å². The maximum absolute atomic E-state index is 11.0. The largest absolute Gasteiger partial charge is 0.411 e. The van der Waals surface area contributed by atoms with Crippen LogP contribution >= 0.6 is 11.6 Å². The summed E-state index contributed by atoms with van der Waals surface area (Å²) in [5.74, 6) is -0.488. The second-order valence-corrected chi connectivity index (χ2v) is 3.13. The van der Waals surface area contributed by atoms with Crippen molar-refractivity contribution in [2.45, 2.75) is 6.92 Å². The van der Waals surface area contributed by atoms with Crippen LogP contribution in [0.4, 0.5) is 5.69 Å². The van der Waals surface area contributed by atoms with Crippen molar-refractivity contribution in [3.8, 4) is 0 Å². The number of anilines is 1. The molecule has 0 aliphatic carbocycles. The SMILES string of the molecule is Cc1cc(Cl)ccc1NC(=O)/C=N/O. The van der Waals surface area contributed by atoms with Gasteiger partial charge in [-0.15, -0.1) is 0 Å². The van der Waals surface area contributed by atoms with Gasteiger partial charge in [-0.1, -0.05) is 16.8 Å². The standard InChI is InChI=1S/C9H9ClN2O2/c1-6-4-7(10)2-3-8(6)12-9(13)5-11-14/h2-5,14H,1H3,(H,12,13)/b11-5+. The van der Waals surface area contributed by atoms with Gasteiger partial charge in [0, 0.05) is 10.7 Å². The molecule has 2 N–H and O–H groups in total. The zero-order valence-electron chi connectivity index (χ0n) is 7.49. The lowest BCUT2D eigenvalue weighted by molar-refractivity contribution is -0.110. The van der Waals surface area contributed by atoms with Gasteiger partial charge in [0.25, 0.3) is 5.91 Å². The molecular formula is C9H9ClN2O2. The fourth-order valence-electron chi connectivity index (χ4n) is 0.985. The molecule has 1 aromatic rings. The topological polar surface area (TPSA) is 61.7 Å². The first-order chi connectivity index (χ1) is 6.63. The minimum atomic E-state index is -0.488. The third kappa shape index (κ3) is 2.74. The van der Waals surface area contributed by atoms with E-state index in [2.05, 4.69) is 10.5 Å². The molecule has 0 aliphatic heterocycles. The van der Waals surface area contributed by atoms with E-state index in [1.54, 1.807) is 18.2 Å². The van der Waals surface area contributed by atoms with Crippen LogP contribution in [0, 0.1) is 6.92 Å². The van der Waals surface area contributed by atoms with Crippen molar-refractivity contribution in [3.05, 3.63) is 28.8 Å². The molecule has 0 radical (unpaired) electrons. The van der Waals surface area contributed by atoms with Crippen LogP contribution in [-0.2, 0) is 4.79 Å². The number of aryl methyl sites for hydroxylation is 1. The molecule has 74 valence electrons. The highest BCUT2D eigenvalue weighted by Gasteiger charge is 2.02. The quantitative estimate of drug-likeness (QED) is 0.448. The lowest BCUT2D eigenvalue weighted by atomic mass is 10.2.